The van der Waals surface area contributed by atoms with Crippen molar-refractivity contribution in [2.24, 2.45) is 0 Å². The maximum Gasteiger partial charge on any atom is 0.341 e. The summed E-state index contributed by atoms with van der Waals surface area (Å²) in [5.41, 5.74) is 7.29. The van der Waals surface area contributed by atoms with E-state index in [4.69, 9.17) is 21.8 Å². The molecule has 1 heterocycles. The Labute approximate surface area is 109 Å². The lowest BCUT2D eigenvalue weighted by atomic mass is 10.1. The molecule has 1 aromatic heterocycles. The highest BCUT2D eigenvalue weighted by Gasteiger charge is 2.16. The summed E-state index contributed by atoms with van der Waals surface area (Å²) in [5.74, 6) is 0.628. The second kappa shape index (κ2) is 4.74. The number of aryl methyl sites for hydroxylation is 1. The molecule has 5 heteroatoms. The van der Waals surface area contributed by atoms with Crippen LogP contribution < -0.4 is 5.73 Å². The second-order valence-electron chi connectivity index (χ2n) is 3.81. The number of benzene rings is 1. The molecule has 0 radical (unpaired) electrons. The Hall–Kier alpha value is -1.94. The minimum absolute atomic E-state index is 0.403. The molecular formula is C13H12ClNO3. The smallest absolute Gasteiger partial charge is 0.341 e. The molecule has 0 aliphatic heterocycles. The SMILES string of the molecule is COC(=O)c1cc(-c2ccc(N)c(Cl)c2)oc1C. The van der Waals surface area contributed by atoms with Crippen LogP contribution in [0.1, 0.15) is 16.1 Å². The third-order valence-electron chi connectivity index (χ3n) is 2.61. The van der Waals surface area contributed by atoms with Gasteiger partial charge in [0.15, 0.2) is 0 Å². The van der Waals surface area contributed by atoms with E-state index in [0.29, 0.717) is 27.8 Å². The van der Waals surface area contributed by atoms with E-state index in [-0.39, 0.29) is 0 Å². The van der Waals surface area contributed by atoms with Crippen LogP contribution in [0, 0.1) is 6.92 Å². The zero-order valence-corrected chi connectivity index (χ0v) is 10.7. The van der Waals surface area contributed by atoms with Crippen molar-refractivity contribution in [2.75, 3.05) is 12.8 Å². The minimum Gasteiger partial charge on any atom is -0.465 e. The summed E-state index contributed by atoms with van der Waals surface area (Å²) in [5, 5.41) is 0.446. The summed E-state index contributed by atoms with van der Waals surface area (Å²) < 4.78 is 10.2. The summed E-state index contributed by atoms with van der Waals surface area (Å²) in [7, 11) is 1.33. The van der Waals surface area contributed by atoms with Crippen LogP contribution in [0.25, 0.3) is 11.3 Å². The minimum atomic E-state index is -0.427. The number of methoxy groups -OCH3 is 1. The normalized spacial score (nSPS) is 10.4. The number of nitrogen functional groups attached to an aromatic ring is 1. The molecule has 2 aromatic rings. The second-order valence-corrected chi connectivity index (χ2v) is 4.22. The van der Waals surface area contributed by atoms with E-state index in [1.165, 1.54) is 7.11 Å². The summed E-state index contributed by atoms with van der Waals surface area (Å²) >= 11 is 5.94. The molecule has 0 fully saturated rings. The molecule has 0 aliphatic carbocycles. The highest BCUT2D eigenvalue weighted by Crippen LogP contribution is 2.30. The van der Waals surface area contributed by atoms with E-state index >= 15 is 0 Å². The average Bonchev–Trinajstić information content (AvgIpc) is 2.74. The summed E-state index contributed by atoms with van der Waals surface area (Å²) in [6.07, 6.45) is 0. The number of furan rings is 1. The standard InChI is InChI=1S/C13H12ClNO3/c1-7-9(13(16)17-2)6-12(18-7)8-3-4-11(15)10(14)5-8/h3-6H,15H2,1-2H3. The number of carbonyl (C=O) groups excluding carboxylic acids is 1. The van der Waals surface area contributed by atoms with Gasteiger partial charge in [0.25, 0.3) is 0 Å². The van der Waals surface area contributed by atoms with Gasteiger partial charge in [0, 0.05) is 5.56 Å². The van der Waals surface area contributed by atoms with Crippen LogP contribution in [-0.2, 0) is 4.74 Å². The number of halogens is 1. The van der Waals surface area contributed by atoms with Gasteiger partial charge in [-0.15, -0.1) is 0 Å². The third-order valence-corrected chi connectivity index (χ3v) is 2.94. The van der Waals surface area contributed by atoms with Crippen molar-refractivity contribution in [3.05, 3.63) is 40.6 Å². The van der Waals surface area contributed by atoms with E-state index < -0.39 is 5.97 Å². The van der Waals surface area contributed by atoms with Crippen molar-refractivity contribution in [3.8, 4) is 11.3 Å². The Balaban J connectivity index is 2.45. The molecule has 1 aromatic carbocycles. The molecule has 0 bridgehead atoms. The topological polar surface area (TPSA) is 65.5 Å². The third kappa shape index (κ3) is 2.19. The van der Waals surface area contributed by atoms with Crippen LogP contribution in [0.3, 0.4) is 0 Å². The Bertz CT molecular complexity index is 604. The number of nitrogens with two attached hydrogens (primary N) is 1. The van der Waals surface area contributed by atoms with Crippen molar-refractivity contribution in [1.82, 2.24) is 0 Å². The fourth-order valence-electron chi connectivity index (χ4n) is 1.62. The lowest BCUT2D eigenvalue weighted by Gasteiger charge is -2.00. The van der Waals surface area contributed by atoms with Crippen LogP contribution in [0.15, 0.2) is 28.7 Å². The number of carbonyl (C=O) groups is 1. The van der Waals surface area contributed by atoms with Crippen molar-refractivity contribution < 1.29 is 13.9 Å². The molecule has 0 atom stereocenters. The lowest BCUT2D eigenvalue weighted by Crippen LogP contribution is -2.00. The van der Waals surface area contributed by atoms with Crippen LogP contribution in [0.4, 0.5) is 5.69 Å². The van der Waals surface area contributed by atoms with Crippen LogP contribution in [-0.4, -0.2) is 13.1 Å². The zero-order chi connectivity index (χ0) is 13.3. The quantitative estimate of drug-likeness (QED) is 0.668. The van der Waals surface area contributed by atoms with Gasteiger partial charge >= 0.3 is 5.97 Å². The molecule has 2 N–H and O–H groups in total. The maximum atomic E-state index is 11.5. The molecule has 4 nitrogen and oxygen atoms in total. The first-order chi connectivity index (χ1) is 8.52. The fraction of sp³-hybridized carbons (Fsp3) is 0.154. The highest BCUT2D eigenvalue weighted by molar-refractivity contribution is 6.33. The zero-order valence-electron chi connectivity index (χ0n) is 9.99. The fourth-order valence-corrected chi connectivity index (χ4v) is 1.80. The van der Waals surface area contributed by atoms with E-state index in [9.17, 15) is 4.79 Å². The molecule has 2 rings (SSSR count). The summed E-state index contributed by atoms with van der Waals surface area (Å²) in [6.45, 7) is 1.70. The van der Waals surface area contributed by atoms with Gasteiger partial charge in [0.2, 0.25) is 0 Å². The first-order valence-electron chi connectivity index (χ1n) is 5.27. The average molecular weight is 266 g/mol. The Morgan fingerprint density at radius 2 is 2.11 bits per heavy atom. The molecular weight excluding hydrogens is 254 g/mol. The predicted octanol–water partition coefficient (Wildman–Crippen LogP) is 3.28. The number of hydrogen-bond donors (Lipinski definition) is 1. The molecule has 0 saturated heterocycles. The van der Waals surface area contributed by atoms with Gasteiger partial charge in [-0.2, -0.15) is 0 Å². The van der Waals surface area contributed by atoms with Crippen LogP contribution in [0.5, 0.6) is 0 Å². The van der Waals surface area contributed by atoms with Gasteiger partial charge in [0.1, 0.15) is 17.1 Å². The van der Waals surface area contributed by atoms with Crippen molar-refractivity contribution >= 4 is 23.3 Å². The van der Waals surface area contributed by atoms with Gasteiger partial charge in [-0.3, -0.25) is 0 Å². The van der Waals surface area contributed by atoms with Gasteiger partial charge in [-0.25, -0.2) is 4.79 Å². The number of esters is 1. The Morgan fingerprint density at radius 3 is 2.72 bits per heavy atom. The van der Waals surface area contributed by atoms with Crippen molar-refractivity contribution in [2.45, 2.75) is 6.92 Å². The van der Waals surface area contributed by atoms with Crippen LogP contribution >= 0.6 is 11.6 Å². The largest absolute Gasteiger partial charge is 0.465 e. The maximum absolute atomic E-state index is 11.5. The molecule has 0 saturated carbocycles. The molecule has 18 heavy (non-hydrogen) atoms. The number of rotatable bonds is 2. The van der Waals surface area contributed by atoms with Crippen molar-refractivity contribution in [3.63, 3.8) is 0 Å². The first-order valence-corrected chi connectivity index (χ1v) is 5.65. The van der Waals surface area contributed by atoms with E-state index in [2.05, 4.69) is 4.74 Å². The van der Waals surface area contributed by atoms with Gasteiger partial charge in [-0.1, -0.05) is 11.6 Å². The molecule has 0 spiro atoms. The number of anilines is 1. The molecule has 0 unspecified atom stereocenters. The van der Waals surface area contributed by atoms with E-state index in [1.807, 2.05) is 0 Å². The Morgan fingerprint density at radius 1 is 1.39 bits per heavy atom. The summed E-state index contributed by atoms with van der Waals surface area (Å²) in [4.78, 5) is 11.5. The molecule has 0 amide bonds. The predicted molar refractivity (Wildman–Crippen MR) is 69.6 cm³/mol. The first kappa shape index (κ1) is 12.5. The van der Waals surface area contributed by atoms with Gasteiger partial charge in [0.05, 0.1) is 17.8 Å². The molecule has 0 aliphatic rings. The summed E-state index contributed by atoms with van der Waals surface area (Å²) in [6, 6.07) is 6.78. The lowest BCUT2D eigenvalue weighted by molar-refractivity contribution is 0.0599. The Kier molecular flexibility index (Phi) is 3.30. The van der Waals surface area contributed by atoms with Crippen molar-refractivity contribution in [1.29, 1.82) is 0 Å². The number of hydrogen-bond acceptors (Lipinski definition) is 4. The number of ether oxygens (including phenoxy) is 1. The van der Waals surface area contributed by atoms with E-state index in [1.54, 1.807) is 31.2 Å². The van der Waals surface area contributed by atoms with E-state index in [0.717, 1.165) is 5.56 Å². The monoisotopic (exact) mass is 265 g/mol. The van der Waals surface area contributed by atoms with Gasteiger partial charge in [-0.05, 0) is 31.2 Å². The highest BCUT2D eigenvalue weighted by atomic mass is 35.5. The molecule has 94 valence electrons. The van der Waals surface area contributed by atoms with Crippen LogP contribution in [0.2, 0.25) is 5.02 Å². The van der Waals surface area contributed by atoms with Gasteiger partial charge < -0.3 is 14.9 Å².